The number of halogens is 1. The molecule has 1 atom stereocenters. The molecule has 4 rings (SSSR count). The average molecular weight is 391 g/mol. The molecule has 2 amide bonds. The number of carbonyl (C=O) groups excluding carboxylic acids is 2. The van der Waals surface area contributed by atoms with Gasteiger partial charge in [-0.1, -0.05) is 12.1 Å². The van der Waals surface area contributed by atoms with Crippen LogP contribution in [0.1, 0.15) is 31.2 Å². The predicted molar refractivity (Wildman–Crippen MR) is 98.9 cm³/mol. The second-order valence-corrected chi connectivity index (χ2v) is 8.19. The molecule has 7 nitrogen and oxygen atoms in total. The Labute approximate surface area is 163 Å². The second-order valence-electron chi connectivity index (χ2n) is 8.19. The molecule has 3 aliphatic rings. The van der Waals surface area contributed by atoms with Crippen molar-refractivity contribution in [3.8, 4) is 0 Å². The van der Waals surface area contributed by atoms with Crippen molar-refractivity contribution in [1.82, 2.24) is 15.1 Å². The lowest BCUT2D eigenvalue weighted by Gasteiger charge is -2.43. The van der Waals surface area contributed by atoms with Gasteiger partial charge in [0.1, 0.15) is 11.4 Å². The smallest absolute Gasteiger partial charge is 0.407 e. The standard InChI is InChI=1S/C20H26FN3O4/c21-16-4-2-15(3-5-16)12-24-9-1-6-20(27,17(24)25)14-23-10-7-19(8-11-23)13-22-18(26)28-19/h2-5,27H,1,6-14H2,(H,22,26). The van der Waals surface area contributed by atoms with E-state index in [9.17, 15) is 19.1 Å². The van der Waals surface area contributed by atoms with Crippen LogP contribution in [0.25, 0.3) is 0 Å². The summed E-state index contributed by atoms with van der Waals surface area (Å²) in [6.07, 6.45) is 2.17. The van der Waals surface area contributed by atoms with Crippen molar-refractivity contribution in [2.45, 2.75) is 43.4 Å². The summed E-state index contributed by atoms with van der Waals surface area (Å²) in [5.41, 5.74) is -1.01. The minimum Gasteiger partial charge on any atom is -0.441 e. The Morgan fingerprint density at radius 3 is 2.46 bits per heavy atom. The highest BCUT2D eigenvalue weighted by molar-refractivity contribution is 5.86. The van der Waals surface area contributed by atoms with E-state index in [1.165, 1.54) is 12.1 Å². The largest absolute Gasteiger partial charge is 0.441 e. The van der Waals surface area contributed by atoms with Crippen LogP contribution in [-0.4, -0.2) is 70.8 Å². The highest BCUT2D eigenvalue weighted by Crippen LogP contribution is 2.32. The molecule has 0 radical (unpaired) electrons. The number of likely N-dealkylation sites (tertiary alicyclic amines) is 2. The van der Waals surface area contributed by atoms with Gasteiger partial charge in [0.25, 0.3) is 5.91 Å². The molecule has 1 aromatic rings. The first-order chi connectivity index (χ1) is 13.4. The van der Waals surface area contributed by atoms with E-state index >= 15 is 0 Å². The number of hydrogen-bond acceptors (Lipinski definition) is 5. The van der Waals surface area contributed by atoms with Crippen LogP contribution in [0, 0.1) is 5.82 Å². The molecule has 3 saturated heterocycles. The van der Waals surface area contributed by atoms with E-state index in [0.29, 0.717) is 52.0 Å². The quantitative estimate of drug-likeness (QED) is 0.808. The van der Waals surface area contributed by atoms with E-state index in [4.69, 9.17) is 4.74 Å². The number of amides is 2. The number of hydrogen-bond donors (Lipinski definition) is 2. The lowest BCUT2D eigenvalue weighted by atomic mass is 9.87. The first kappa shape index (κ1) is 19.1. The number of benzene rings is 1. The van der Waals surface area contributed by atoms with Gasteiger partial charge in [0.05, 0.1) is 6.54 Å². The number of β-amino-alcohol motifs (C(OH)–C–C–N with tert-alkyl or cyclic N) is 1. The molecule has 28 heavy (non-hydrogen) atoms. The van der Waals surface area contributed by atoms with Gasteiger partial charge in [-0.2, -0.15) is 0 Å². The van der Waals surface area contributed by atoms with Gasteiger partial charge < -0.3 is 20.1 Å². The van der Waals surface area contributed by atoms with E-state index in [1.807, 2.05) is 0 Å². The number of ether oxygens (including phenoxy) is 1. The molecular formula is C20H26FN3O4. The summed E-state index contributed by atoms with van der Waals surface area (Å²) in [5.74, 6) is -0.575. The summed E-state index contributed by atoms with van der Waals surface area (Å²) in [6, 6.07) is 6.09. The van der Waals surface area contributed by atoms with Crippen LogP contribution >= 0.6 is 0 Å². The van der Waals surface area contributed by atoms with Crippen LogP contribution in [0.5, 0.6) is 0 Å². The summed E-state index contributed by atoms with van der Waals surface area (Å²) in [4.78, 5) is 28.1. The SMILES string of the molecule is O=C1NCC2(CCN(CC3(O)CCCN(Cc4ccc(F)cc4)C3=O)CC2)O1. The van der Waals surface area contributed by atoms with Crippen molar-refractivity contribution in [3.05, 3.63) is 35.6 Å². The molecule has 0 saturated carbocycles. The van der Waals surface area contributed by atoms with Crippen molar-refractivity contribution < 1.29 is 23.8 Å². The molecule has 1 unspecified atom stereocenters. The molecule has 2 N–H and O–H groups in total. The van der Waals surface area contributed by atoms with Crippen molar-refractivity contribution in [1.29, 1.82) is 0 Å². The molecular weight excluding hydrogens is 365 g/mol. The highest BCUT2D eigenvalue weighted by Gasteiger charge is 2.47. The number of nitrogens with one attached hydrogen (secondary N) is 1. The van der Waals surface area contributed by atoms with Crippen molar-refractivity contribution in [3.63, 3.8) is 0 Å². The van der Waals surface area contributed by atoms with Crippen LogP contribution < -0.4 is 5.32 Å². The van der Waals surface area contributed by atoms with E-state index in [-0.39, 0.29) is 24.4 Å². The molecule has 0 aliphatic carbocycles. The Morgan fingerprint density at radius 2 is 1.82 bits per heavy atom. The third-order valence-electron chi connectivity index (χ3n) is 6.11. The van der Waals surface area contributed by atoms with Gasteiger partial charge in [-0.05, 0) is 30.5 Å². The molecule has 3 aliphatic heterocycles. The zero-order valence-electron chi connectivity index (χ0n) is 15.8. The molecule has 0 bridgehead atoms. The van der Waals surface area contributed by atoms with Crippen molar-refractivity contribution in [2.24, 2.45) is 0 Å². The minimum atomic E-state index is -1.41. The number of carbonyl (C=O) groups is 2. The normalized spacial score (nSPS) is 27.7. The zero-order chi connectivity index (χ0) is 19.8. The average Bonchev–Trinajstić information content (AvgIpc) is 3.04. The number of nitrogens with zero attached hydrogens (tertiary/aromatic N) is 2. The van der Waals surface area contributed by atoms with Gasteiger partial charge in [0.2, 0.25) is 0 Å². The first-order valence-electron chi connectivity index (χ1n) is 9.83. The third kappa shape index (κ3) is 3.84. The second kappa shape index (κ2) is 7.33. The number of piperidine rings is 2. The lowest BCUT2D eigenvalue weighted by molar-refractivity contribution is -0.161. The summed E-state index contributed by atoms with van der Waals surface area (Å²) >= 11 is 0. The Bertz CT molecular complexity index is 748. The van der Waals surface area contributed by atoms with E-state index in [1.54, 1.807) is 17.0 Å². The molecule has 1 spiro atoms. The van der Waals surface area contributed by atoms with E-state index < -0.39 is 11.2 Å². The monoisotopic (exact) mass is 391 g/mol. The van der Waals surface area contributed by atoms with Crippen molar-refractivity contribution in [2.75, 3.05) is 32.7 Å². The minimum absolute atomic E-state index is 0.266. The van der Waals surface area contributed by atoms with Crippen LogP contribution in [0.2, 0.25) is 0 Å². The maximum atomic E-state index is 13.1. The molecule has 8 heteroatoms. The fourth-order valence-electron chi connectivity index (χ4n) is 4.44. The maximum Gasteiger partial charge on any atom is 0.407 e. The first-order valence-corrected chi connectivity index (χ1v) is 9.83. The van der Waals surface area contributed by atoms with Crippen LogP contribution in [0.4, 0.5) is 9.18 Å². The Morgan fingerprint density at radius 1 is 1.11 bits per heavy atom. The fraction of sp³-hybridized carbons (Fsp3) is 0.600. The van der Waals surface area contributed by atoms with Gasteiger partial charge >= 0.3 is 6.09 Å². The van der Waals surface area contributed by atoms with E-state index in [2.05, 4.69) is 10.2 Å². The Kier molecular flexibility index (Phi) is 5.01. The lowest BCUT2D eigenvalue weighted by Crippen LogP contribution is -2.60. The molecule has 152 valence electrons. The van der Waals surface area contributed by atoms with Gasteiger partial charge in [-0.3, -0.25) is 9.69 Å². The number of rotatable bonds is 4. The fourth-order valence-corrected chi connectivity index (χ4v) is 4.44. The van der Waals surface area contributed by atoms with Gasteiger partial charge in [0.15, 0.2) is 5.60 Å². The molecule has 3 heterocycles. The summed E-state index contributed by atoms with van der Waals surface area (Å²) in [7, 11) is 0. The Hall–Kier alpha value is -2.19. The molecule has 0 aromatic heterocycles. The van der Waals surface area contributed by atoms with Gasteiger partial charge in [-0.15, -0.1) is 0 Å². The summed E-state index contributed by atoms with van der Waals surface area (Å²) in [5, 5.41) is 13.8. The summed E-state index contributed by atoms with van der Waals surface area (Å²) in [6.45, 7) is 3.10. The molecule has 3 fully saturated rings. The summed E-state index contributed by atoms with van der Waals surface area (Å²) < 4.78 is 18.5. The Balaban J connectivity index is 1.36. The van der Waals surface area contributed by atoms with Crippen LogP contribution in [-0.2, 0) is 16.1 Å². The van der Waals surface area contributed by atoms with Crippen molar-refractivity contribution >= 4 is 12.0 Å². The zero-order valence-corrected chi connectivity index (χ0v) is 15.8. The number of alkyl carbamates (subject to hydrolysis) is 1. The number of aliphatic hydroxyl groups is 1. The van der Waals surface area contributed by atoms with Gasteiger partial charge in [-0.25, -0.2) is 9.18 Å². The van der Waals surface area contributed by atoms with Gasteiger partial charge in [0, 0.05) is 45.6 Å². The van der Waals surface area contributed by atoms with E-state index in [0.717, 1.165) is 12.0 Å². The third-order valence-corrected chi connectivity index (χ3v) is 6.11. The molecule has 1 aromatic carbocycles. The van der Waals surface area contributed by atoms with Crippen LogP contribution in [0.3, 0.4) is 0 Å². The predicted octanol–water partition coefficient (Wildman–Crippen LogP) is 1.25. The topological polar surface area (TPSA) is 82.1 Å². The van der Waals surface area contributed by atoms with Crippen LogP contribution in [0.15, 0.2) is 24.3 Å². The maximum absolute atomic E-state index is 13.1. The highest BCUT2D eigenvalue weighted by atomic mass is 19.1.